The van der Waals surface area contributed by atoms with Crippen molar-refractivity contribution in [2.45, 2.75) is 12.4 Å². The molecular formula is C9H8F3NO. The van der Waals surface area contributed by atoms with Gasteiger partial charge in [0.15, 0.2) is 0 Å². The maximum Gasteiger partial charge on any atom is 0.445 e. The topological polar surface area (TPSA) is 12.5 Å². The molecule has 0 N–H and O–H groups in total. The quantitative estimate of drug-likeness (QED) is 0.642. The highest BCUT2D eigenvalue weighted by Crippen LogP contribution is 2.40. The van der Waals surface area contributed by atoms with Crippen LogP contribution in [0.25, 0.3) is 0 Å². The molecule has 1 heterocycles. The molecule has 76 valence electrons. The van der Waals surface area contributed by atoms with E-state index in [0.717, 1.165) is 4.90 Å². The summed E-state index contributed by atoms with van der Waals surface area (Å²) in [6.45, 7) is 0. The highest BCUT2D eigenvalue weighted by Gasteiger charge is 2.48. The molecule has 2 nitrogen and oxygen atoms in total. The molecule has 1 unspecified atom stereocenters. The van der Waals surface area contributed by atoms with Gasteiger partial charge < -0.3 is 9.64 Å². The molecule has 1 aromatic carbocycles. The number of halogens is 3. The lowest BCUT2D eigenvalue weighted by Crippen LogP contribution is -2.44. The third-order valence-electron chi connectivity index (χ3n) is 2.12. The minimum atomic E-state index is -4.37. The average Bonchev–Trinajstić information content (AvgIpc) is 2.44. The summed E-state index contributed by atoms with van der Waals surface area (Å²) in [4.78, 5) is 1.08. The Morgan fingerprint density at radius 2 is 1.93 bits per heavy atom. The molecule has 5 heteroatoms. The predicted octanol–water partition coefficient (Wildman–Crippen LogP) is 2.40. The Bertz CT molecular complexity index is 350. The molecule has 14 heavy (non-hydrogen) atoms. The first-order valence-corrected chi connectivity index (χ1v) is 4.05. The number of para-hydroxylation sites is 2. The Balaban J connectivity index is 2.35. The first kappa shape index (κ1) is 9.18. The summed E-state index contributed by atoms with van der Waals surface area (Å²) in [6.07, 6.45) is -6.23. The van der Waals surface area contributed by atoms with E-state index in [-0.39, 0.29) is 5.75 Å². The van der Waals surface area contributed by atoms with Crippen LogP contribution in [0.2, 0.25) is 0 Å². The van der Waals surface area contributed by atoms with Crippen LogP contribution < -0.4 is 9.64 Å². The van der Waals surface area contributed by atoms with Crippen LogP contribution in [0, 0.1) is 0 Å². The van der Waals surface area contributed by atoms with Crippen molar-refractivity contribution in [3.63, 3.8) is 0 Å². The van der Waals surface area contributed by atoms with Crippen LogP contribution >= 0.6 is 0 Å². The molecule has 0 saturated heterocycles. The molecule has 0 amide bonds. The van der Waals surface area contributed by atoms with Gasteiger partial charge in [0.1, 0.15) is 5.75 Å². The zero-order valence-electron chi connectivity index (χ0n) is 7.38. The number of hydrogen-bond acceptors (Lipinski definition) is 2. The molecule has 1 aliphatic heterocycles. The van der Waals surface area contributed by atoms with Crippen molar-refractivity contribution in [2.75, 3.05) is 11.9 Å². The summed E-state index contributed by atoms with van der Waals surface area (Å²) in [5.41, 5.74) is 0.467. The van der Waals surface area contributed by atoms with E-state index in [4.69, 9.17) is 4.74 Å². The van der Waals surface area contributed by atoms with Crippen molar-refractivity contribution >= 4 is 5.69 Å². The third-order valence-corrected chi connectivity index (χ3v) is 2.12. The molecule has 1 aromatic rings. The van der Waals surface area contributed by atoms with Gasteiger partial charge in [-0.25, -0.2) is 0 Å². The molecule has 1 atom stereocenters. The number of hydrogen-bond donors (Lipinski definition) is 0. The summed E-state index contributed by atoms with van der Waals surface area (Å²) >= 11 is 0. The number of ether oxygens (including phenoxy) is 1. The van der Waals surface area contributed by atoms with Gasteiger partial charge in [-0.2, -0.15) is 13.2 Å². The number of rotatable bonds is 0. The number of alkyl halides is 3. The van der Waals surface area contributed by atoms with Crippen LogP contribution in [0.15, 0.2) is 24.3 Å². The van der Waals surface area contributed by atoms with Crippen molar-refractivity contribution in [3.8, 4) is 5.75 Å². The second-order valence-corrected chi connectivity index (χ2v) is 3.09. The minimum absolute atomic E-state index is 0.275. The van der Waals surface area contributed by atoms with Crippen molar-refractivity contribution in [3.05, 3.63) is 24.3 Å². The standard InChI is InChI=1S/C9H8F3NO/c1-13-6-4-2-3-5-7(6)14-8(13)9(10,11)12/h2-5,8H,1H3. The molecular weight excluding hydrogens is 195 g/mol. The van der Waals surface area contributed by atoms with Crippen LogP contribution in [0.1, 0.15) is 0 Å². The monoisotopic (exact) mass is 203 g/mol. The molecule has 0 aliphatic carbocycles. The van der Waals surface area contributed by atoms with Crippen LogP contribution in [0.4, 0.5) is 18.9 Å². The van der Waals surface area contributed by atoms with Gasteiger partial charge in [0.25, 0.3) is 6.23 Å². The normalized spacial score (nSPS) is 20.6. The van der Waals surface area contributed by atoms with Gasteiger partial charge in [-0.15, -0.1) is 0 Å². The van der Waals surface area contributed by atoms with Crippen molar-refractivity contribution in [1.29, 1.82) is 0 Å². The van der Waals surface area contributed by atoms with Crippen molar-refractivity contribution < 1.29 is 17.9 Å². The fourth-order valence-corrected chi connectivity index (χ4v) is 1.46. The van der Waals surface area contributed by atoms with Gasteiger partial charge in [-0.3, -0.25) is 0 Å². The Hall–Kier alpha value is -1.39. The maximum atomic E-state index is 12.4. The van der Waals surface area contributed by atoms with Crippen LogP contribution in [-0.2, 0) is 0 Å². The molecule has 0 radical (unpaired) electrons. The lowest BCUT2D eigenvalue weighted by Gasteiger charge is -2.22. The number of nitrogens with zero attached hydrogens (tertiary/aromatic N) is 1. The lowest BCUT2D eigenvalue weighted by atomic mass is 10.3. The van der Waals surface area contributed by atoms with Crippen molar-refractivity contribution in [1.82, 2.24) is 0 Å². The summed E-state index contributed by atoms with van der Waals surface area (Å²) in [6, 6.07) is 6.45. The Morgan fingerprint density at radius 1 is 1.29 bits per heavy atom. The van der Waals surface area contributed by atoms with E-state index in [2.05, 4.69) is 0 Å². The molecule has 0 aromatic heterocycles. The van der Waals surface area contributed by atoms with Gasteiger partial charge in [-0.05, 0) is 12.1 Å². The Labute approximate surface area is 78.9 Å². The minimum Gasteiger partial charge on any atom is -0.459 e. The smallest absolute Gasteiger partial charge is 0.445 e. The van der Waals surface area contributed by atoms with Gasteiger partial charge in [0.2, 0.25) is 0 Å². The van der Waals surface area contributed by atoms with Gasteiger partial charge in [0.05, 0.1) is 5.69 Å². The van der Waals surface area contributed by atoms with Gasteiger partial charge in [0, 0.05) is 7.05 Å². The Kier molecular flexibility index (Phi) is 1.83. The fourth-order valence-electron chi connectivity index (χ4n) is 1.46. The summed E-state index contributed by atoms with van der Waals surface area (Å²) < 4.78 is 42.0. The highest BCUT2D eigenvalue weighted by atomic mass is 19.4. The van der Waals surface area contributed by atoms with E-state index in [9.17, 15) is 13.2 Å². The number of anilines is 1. The molecule has 1 aliphatic rings. The number of benzene rings is 1. The van der Waals surface area contributed by atoms with Gasteiger partial charge in [-0.1, -0.05) is 12.1 Å². The second kappa shape index (κ2) is 2.80. The van der Waals surface area contributed by atoms with E-state index in [1.54, 1.807) is 18.2 Å². The molecule has 0 bridgehead atoms. The van der Waals surface area contributed by atoms with Crippen molar-refractivity contribution in [2.24, 2.45) is 0 Å². The van der Waals surface area contributed by atoms with Crippen LogP contribution in [0.5, 0.6) is 5.75 Å². The molecule has 0 fully saturated rings. The number of fused-ring (bicyclic) bond motifs is 1. The SMILES string of the molecule is CN1c2ccccc2OC1C(F)(F)F. The third kappa shape index (κ3) is 1.29. The van der Waals surface area contributed by atoms with Crippen LogP contribution in [0.3, 0.4) is 0 Å². The molecule has 0 spiro atoms. The van der Waals surface area contributed by atoms with Gasteiger partial charge >= 0.3 is 6.18 Å². The molecule has 0 saturated carbocycles. The Morgan fingerprint density at radius 3 is 2.50 bits per heavy atom. The average molecular weight is 203 g/mol. The predicted molar refractivity (Wildman–Crippen MR) is 45.3 cm³/mol. The van der Waals surface area contributed by atoms with E-state index < -0.39 is 12.4 Å². The van der Waals surface area contributed by atoms with E-state index in [1.165, 1.54) is 13.1 Å². The van der Waals surface area contributed by atoms with E-state index in [1.807, 2.05) is 0 Å². The highest BCUT2D eigenvalue weighted by molar-refractivity contribution is 5.61. The largest absolute Gasteiger partial charge is 0.459 e. The summed E-state index contributed by atoms with van der Waals surface area (Å²) in [5, 5.41) is 0. The fraction of sp³-hybridized carbons (Fsp3) is 0.333. The molecule has 2 rings (SSSR count). The lowest BCUT2D eigenvalue weighted by molar-refractivity contribution is -0.189. The first-order chi connectivity index (χ1) is 6.50. The first-order valence-electron chi connectivity index (χ1n) is 4.05. The zero-order chi connectivity index (χ0) is 10.3. The van der Waals surface area contributed by atoms with E-state index in [0.29, 0.717) is 5.69 Å². The summed E-state index contributed by atoms with van der Waals surface area (Å²) in [5.74, 6) is 0.275. The zero-order valence-corrected chi connectivity index (χ0v) is 7.38. The van der Waals surface area contributed by atoms with E-state index >= 15 is 0 Å². The maximum absolute atomic E-state index is 12.4. The summed E-state index contributed by atoms with van der Waals surface area (Å²) in [7, 11) is 1.37. The second-order valence-electron chi connectivity index (χ2n) is 3.09. The van der Waals surface area contributed by atoms with Crippen LogP contribution in [-0.4, -0.2) is 19.5 Å².